The van der Waals surface area contributed by atoms with Gasteiger partial charge in [-0.05, 0) is 24.2 Å². The summed E-state index contributed by atoms with van der Waals surface area (Å²) in [5.74, 6) is -0.314. The van der Waals surface area contributed by atoms with Gasteiger partial charge in [0, 0.05) is 6.42 Å². The molecule has 1 rings (SSSR count). The van der Waals surface area contributed by atoms with Crippen molar-refractivity contribution in [3.05, 3.63) is 0 Å². The molecule has 0 aromatic carbocycles. The van der Waals surface area contributed by atoms with E-state index in [-0.39, 0.29) is 0 Å². The molecule has 0 aromatic rings. The van der Waals surface area contributed by atoms with Crippen LogP contribution >= 0.6 is 0 Å². The van der Waals surface area contributed by atoms with Crippen LogP contribution in [0.5, 0.6) is 0 Å². The fraction of sp³-hybridized carbons (Fsp3) is 0.875. The molecule has 1 saturated carbocycles. The van der Waals surface area contributed by atoms with Crippen LogP contribution in [0.25, 0.3) is 0 Å². The molecule has 10 heavy (non-hydrogen) atoms. The molecule has 1 fully saturated rings. The highest BCUT2D eigenvalue weighted by Gasteiger charge is 2.42. The van der Waals surface area contributed by atoms with E-state index in [1.54, 1.807) is 0 Å². The number of hydrogen-bond acceptors (Lipinski definition) is 1. The summed E-state index contributed by atoms with van der Waals surface area (Å²) < 4.78 is 0. The first kappa shape index (κ1) is 7.58. The van der Waals surface area contributed by atoms with Crippen LogP contribution in [0.4, 0.5) is 0 Å². The van der Waals surface area contributed by atoms with E-state index >= 15 is 0 Å². The maximum absolute atomic E-state index is 10.3. The molecule has 0 saturated heterocycles. The molecule has 1 atom stereocenters. The van der Waals surface area contributed by atoms with Gasteiger partial charge in [0.25, 0.3) is 0 Å². The molecule has 1 N–H and O–H groups in total. The minimum Gasteiger partial charge on any atom is -0.481 e. The van der Waals surface area contributed by atoms with Crippen LogP contribution in [0.1, 0.15) is 33.1 Å². The van der Waals surface area contributed by atoms with Crippen LogP contribution in [0.15, 0.2) is 0 Å². The standard InChI is InChI=1S/C8H14O2/c1-6(5-7(9)10)8(2)3-4-8/h6H,3-5H2,1-2H3,(H,9,10). The zero-order valence-corrected chi connectivity index (χ0v) is 6.55. The van der Waals surface area contributed by atoms with E-state index in [1.165, 1.54) is 12.8 Å². The van der Waals surface area contributed by atoms with Crippen LogP contribution in [0, 0.1) is 11.3 Å². The van der Waals surface area contributed by atoms with E-state index in [0.717, 1.165) is 0 Å². The average molecular weight is 142 g/mol. The van der Waals surface area contributed by atoms with Gasteiger partial charge in [0.05, 0.1) is 0 Å². The predicted octanol–water partition coefficient (Wildman–Crippen LogP) is 1.90. The second kappa shape index (κ2) is 2.26. The van der Waals surface area contributed by atoms with Crippen molar-refractivity contribution < 1.29 is 9.90 Å². The number of aliphatic carboxylic acids is 1. The van der Waals surface area contributed by atoms with Gasteiger partial charge in [-0.3, -0.25) is 4.79 Å². The normalized spacial score (nSPS) is 23.8. The molecule has 0 spiro atoms. The maximum Gasteiger partial charge on any atom is 0.303 e. The van der Waals surface area contributed by atoms with Crippen molar-refractivity contribution in [1.29, 1.82) is 0 Å². The SMILES string of the molecule is CC(CC(=O)O)C1(C)CC1. The Bertz CT molecular complexity index is 147. The molecule has 1 unspecified atom stereocenters. The van der Waals surface area contributed by atoms with Crippen molar-refractivity contribution in [2.75, 3.05) is 0 Å². The highest BCUT2D eigenvalue weighted by atomic mass is 16.4. The van der Waals surface area contributed by atoms with E-state index in [1.807, 2.05) is 6.92 Å². The Morgan fingerprint density at radius 1 is 1.70 bits per heavy atom. The molecule has 0 aromatic heterocycles. The van der Waals surface area contributed by atoms with E-state index in [9.17, 15) is 4.79 Å². The molecule has 58 valence electrons. The van der Waals surface area contributed by atoms with Crippen LogP contribution in [-0.4, -0.2) is 11.1 Å². The van der Waals surface area contributed by atoms with Crippen molar-refractivity contribution in [1.82, 2.24) is 0 Å². The zero-order valence-electron chi connectivity index (χ0n) is 6.55. The first-order valence-corrected chi connectivity index (χ1v) is 3.76. The summed E-state index contributed by atoms with van der Waals surface area (Å²) >= 11 is 0. The Balaban J connectivity index is 2.34. The summed E-state index contributed by atoms with van der Waals surface area (Å²) in [4.78, 5) is 10.3. The average Bonchev–Trinajstić information content (AvgIpc) is 2.47. The number of hydrogen-bond donors (Lipinski definition) is 1. The van der Waals surface area contributed by atoms with Crippen molar-refractivity contribution in [3.63, 3.8) is 0 Å². The smallest absolute Gasteiger partial charge is 0.303 e. The molecule has 1 aliphatic rings. The Hall–Kier alpha value is -0.530. The fourth-order valence-corrected chi connectivity index (χ4v) is 1.20. The van der Waals surface area contributed by atoms with Gasteiger partial charge in [0.1, 0.15) is 0 Å². The molecule has 0 heterocycles. The molecule has 1 aliphatic carbocycles. The maximum atomic E-state index is 10.3. The monoisotopic (exact) mass is 142 g/mol. The third kappa shape index (κ3) is 1.49. The van der Waals surface area contributed by atoms with Gasteiger partial charge in [-0.1, -0.05) is 13.8 Å². The summed E-state index contributed by atoms with van der Waals surface area (Å²) in [5, 5.41) is 8.48. The van der Waals surface area contributed by atoms with Gasteiger partial charge >= 0.3 is 5.97 Å². The van der Waals surface area contributed by atoms with E-state index in [0.29, 0.717) is 17.8 Å². The molecular formula is C8H14O2. The van der Waals surface area contributed by atoms with Crippen LogP contribution in [0.3, 0.4) is 0 Å². The first-order valence-electron chi connectivity index (χ1n) is 3.76. The molecular weight excluding hydrogens is 128 g/mol. The highest BCUT2D eigenvalue weighted by Crippen LogP contribution is 2.52. The Labute approximate surface area is 61.2 Å². The third-order valence-corrected chi connectivity index (χ3v) is 2.71. The van der Waals surface area contributed by atoms with Gasteiger partial charge in [-0.2, -0.15) is 0 Å². The first-order chi connectivity index (χ1) is 4.54. The fourth-order valence-electron chi connectivity index (χ4n) is 1.20. The number of carboxylic acid groups (broad SMARTS) is 1. The molecule has 0 radical (unpaired) electrons. The van der Waals surface area contributed by atoms with Crippen molar-refractivity contribution in [2.45, 2.75) is 33.1 Å². The largest absolute Gasteiger partial charge is 0.481 e. The topological polar surface area (TPSA) is 37.3 Å². The van der Waals surface area contributed by atoms with Gasteiger partial charge in [-0.15, -0.1) is 0 Å². The predicted molar refractivity (Wildman–Crippen MR) is 38.8 cm³/mol. The summed E-state index contributed by atoms with van der Waals surface area (Å²) in [6.45, 7) is 4.20. The van der Waals surface area contributed by atoms with Gasteiger partial charge in [0.15, 0.2) is 0 Å². The second-order valence-corrected chi connectivity index (χ2v) is 3.65. The lowest BCUT2D eigenvalue weighted by Crippen LogP contribution is -2.13. The van der Waals surface area contributed by atoms with Gasteiger partial charge < -0.3 is 5.11 Å². The minimum atomic E-state index is -0.666. The minimum absolute atomic E-state index is 0.330. The lowest BCUT2D eigenvalue weighted by Gasteiger charge is -2.15. The molecule has 0 bridgehead atoms. The lowest BCUT2D eigenvalue weighted by molar-refractivity contribution is -0.138. The van der Waals surface area contributed by atoms with Gasteiger partial charge in [-0.25, -0.2) is 0 Å². The van der Waals surface area contributed by atoms with Crippen molar-refractivity contribution >= 4 is 5.97 Å². The van der Waals surface area contributed by atoms with Crippen LogP contribution in [-0.2, 0) is 4.79 Å². The quantitative estimate of drug-likeness (QED) is 0.653. The van der Waals surface area contributed by atoms with Crippen molar-refractivity contribution in [3.8, 4) is 0 Å². The highest BCUT2D eigenvalue weighted by molar-refractivity contribution is 5.67. The summed E-state index contributed by atoms with van der Waals surface area (Å²) in [5.41, 5.74) is 0.360. The third-order valence-electron chi connectivity index (χ3n) is 2.71. The summed E-state index contributed by atoms with van der Waals surface area (Å²) in [6, 6.07) is 0. The van der Waals surface area contributed by atoms with E-state index in [2.05, 4.69) is 6.92 Å². The zero-order chi connectivity index (χ0) is 7.78. The Morgan fingerprint density at radius 2 is 2.20 bits per heavy atom. The van der Waals surface area contributed by atoms with Crippen LogP contribution < -0.4 is 0 Å². The summed E-state index contributed by atoms with van der Waals surface area (Å²) in [6.07, 6.45) is 2.75. The second-order valence-electron chi connectivity index (χ2n) is 3.65. The number of carboxylic acids is 1. The van der Waals surface area contributed by atoms with Crippen molar-refractivity contribution in [2.24, 2.45) is 11.3 Å². The van der Waals surface area contributed by atoms with Gasteiger partial charge in [0.2, 0.25) is 0 Å². The lowest BCUT2D eigenvalue weighted by atomic mass is 9.90. The number of rotatable bonds is 3. The Kier molecular flexibility index (Phi) is 1.71. The van der Waals surface area contributed by atoms with E-state index in [4.69, 9.17) is 5.11 Å². The Morgan fingerprint density at radius 3 is 2.50 bits per heavy atom. The van der Waals surface area contributed by atoms with Crippen LogP contribution in [0.2, 0.25) is 0 Å². The summed E-state index contributed by atoms with van der Waals surface area (Å²) in [7, 11) is 0. The number of carbonyl (C=O) groups is 1. The molecule has 0 amide bonds. The van der Waals surface area contributed by atoms with E-state index < -0.39 is 5.97 Å². The molecule has 0 aliphatic heterocycles. The molecule has 2 nitrogen and oxygen atoms in total. The molecule has 2 heteroatoms.